The SMILES string of the molecule is CC(=O)Nc1ccc(S(=O)(=O)NCC(N)c2ccc(C(C)C)cc2)cc1. The van der Waals surface area contributed by atoms with E-state index in [0.29, 0.717) is 11.6 Å². The van der Waals surface area contributed by atoms with E-state index in [-0.39, 0.29) is 17.3 Å². The first-order chi connectivity index (χ1) is 12.2. The van der Waals surface area contributed by atoms with Crippen molar-refractivity contribution in [2.75, 3.05) is 11.9 Å². The lowest BCUT2D eigenvalue weighted by Gasteiger charge is -2.15. The van der Waals surface area contributed by atoms with Gasteiger partial charge in [0.25, 0.3) is 0 Å². The summed E-state index contributed by atoms with van der Waals surface area (Å²) in [5.74, 6) is 0.215. The Morgan fingerprint density at radius 3 is 2.04 bits per heavy atom. The molecule has 2 aromatic carbocycles. The molecule has 0 aliphatic carbocycles. The molecule has 0 bridgehead atoms. The number of hydrogen-bond acceptors (Lipinski definition) is 4. The van der Waals surface area contributed by atoms with Crippen LogP contribution >= 0.6 is 0 Å². The van der Waals surface area contributed by atoms with Crippen LogP contribution in [0.25, 0.3) is 0 Å². The summed E-state index contributed by atoms with van der Waals surface area (Å²) < 4.78 is 27.3. The maximum Gasteiger partial charge on any atom is 0.240 e. The lowest BCUT2D eigenvalue weighted by atomic mass is 9.99. The Bertz CT molecular complexity index is 845. The Balaban J connectivity index is 2.01. The Morgan fingerprint density at radius 1 is 1.00 bits per heavy atom. The van der Waals surface area contributed by atoms with Gasteiger partial charge >= 0.3 is 0 Å². The Kier molecular flexibility index (Phi) is 6.52. The molecule has 0 radical (unpaired) electrons. The quantitative estimate of drug-likeness (QED) is 0.692. The first-order valence-corrected chi connectivity index (χ1v) is 9.90. The van der Waals surface area contributed by atoms with E-state index in [1.807, 2.05) is 24.3 Å². The molecule has 0 saturated carbocycles. The molecular weight excluding hydrogens is 350 g/mol. The molecule has 0 aliphatic rings. The highest BCUT2D eigenvalue weighted by atomic mass is 32.2. The van der Waals surface area contributed by atoms with Gasteiger partial charge in [-0.25, -0.2) is 13.1 Å². The summed E-state index contributed by atoms with van der Waals surface area (Å²) in [4.78, 5) is 11.1. The predicted octanol–water partition coefficient (Wildman–Crippen LogP) is 2.75. The van der Waals surface area contributed by atoms with Gasteiger partial charge in [-0.05, 0) is 41.3 Å². The average molecular weight is 375 g/mol. The topological polar surface area (TPSA) is 101 Å². The van der Waals surface area contributed by atoms with Crippen molar-refractivity contribution in [3.8, 4) is 0 Å². The summed E-state index contributed by atoms with van der Waals surface area (Å²) in [6.45, 7) is 5.71. The maximum absolute atomic E-state index is 12.4. The van der Waals surface area contributed by atoms with Crippen LogP contribution in [0.5, 0.6) is 0 Å². The molecule has 1 atom stereocenters. The second kappa shape index (κ2) is 8.44. The zero-order valence-electron chi connectivity index (χ0n) is 15.2. The largest absolute Gasteiger partial charge is 0.326 e. The third-order valence-corrected chi connectivity index (χ3v) is 5.45. The second-order valence-electron chi connectivity index (χ2n) is 6.49. The molecule has 7 heteroatoms. The number of carbonyl (C=O) groups excluding carboxylic acids is 1. The van der Waals surface area contributed by atoms with E-state index < -0.39 is 16.1 Å². The van der Waals surface area contributed by atoms with Crippen molar-refractivity contribution < 1.29 is 13.2 Å². The van der Waals surface area contributed by atoms with Crippen molar-refractivity contribution in [1.82, 2.24) is 4.72 Å². The molecule has 0 heterocycles. The van der Waals surface area contributed by atoms with Crippen LogP contribution in [0.1, 0.15) is 43.9 Å². The number of rotatable bonds is 7. The van der Waals surface area contributed by atoms with E-state index in [2.05, 4.69) is 23.9 Å². The van der Waals surface area contributed by atoms with Crippen molar-refractivity contribution in [3.63, 3.8) is 0 Å². The molecule has 0 saturated heterocycles. The summed E-state index contributed by atoms with van der Waals surface area (Å²) >= 11 is 0. The fourth-order valence-corrected chi connectivity index (χ4v) is 3.51. The zero-order chi connectivity index (χ0) is 19.3. The van der Waals surface area contributed by atoms with Crippen molar-refractivity contribution >= 4 is 21.6 Å². The van der Waals surface area contributed by atoms with Gasteiger partial charge in [0, 0.05) is 25.2 Å². The number of nitrogens with two attached hydrogens (primary N) is 1. The van der Waals surface area contributed by atoms with Crippen LogP contribution in [0, 0.1) is 0 Å². The smallest absolute Gasteiger partial charge is 0.240 e. The van der Waals surface area contributed by atoms with Crippen molar-refractivity contribution in [3.05, 3.63) is 59.7 Å². The summed E-state index contributed by atoms with van der Waals surface area (Å²) in [6.07, 6.45) is 0. The molecule has 6 nitrogen and oxygen atoms in total. The van der Waals surface area contributed by atoms with Gasteiger partial charge in [0.1, 0.15) is 0 Å². The van der Waals surface area contributed by atoms with Gasteiger partial charge in [0.05, 0.1) is 4.90 Å². The van der Waals surface area contributed by atoms with E-state index in [1.54, 1.807) is 12.1 Å². The standard InChI is InChI=1S/C19H25N3O3S/c1-13(2)15-4-6-16(7-5-15)19(20)12-21-26(24,25)18-10-8-17(9-11-18)22-14(3)23/h4-11,13,19,21H,12,20H2,1-3H3,(H,22,23). The summed E-state index contributed by atoms with van der Waals surface area (Å²) in [6, 6.07) is 13.4. The first-order valence-electron chi connectivity index (χ1n) is 8.42. The average Bonchev–Trinajstić information content (AvgIpc) is 2.60. The van der Waals surface area contributed by atoms with Crippen molar-refractivity contribution in [2.45, 2.75) is 37.6 Å². The third kappa shape index (κ3) is 5.39. The van der Waals surface area contributed by atoms with Gasteiger partial charge in [-0.2, -0.15) is 0 Å². The highest BCUT2D eigenvalue weighted by molar-refractivity contribution is 7.89. The zero-order valence-corrected chi connectivity index (χ0v) is 16.0. The molecule has 26 heavy (non-hydrogen) atoms. The van der Waals surface area contributed by atoms with Gasteiger partial charge in [-0.3, -0.25) is 4.79 Å². The van der Waals surface area contributed by atoms with Crippen LogP contribution in [0.4, 0.5) is 5.69 Å². The fourth-order valence-electron chi connectivity index (χ4n) is 2.45. The minimum Gasteiger partial charge on any atom is -0.326 e. The first kappa shape index (κ1) is 20.1. The van der Waals surface area contributed by atoms with Crippen LogP contribution in [-0.2, 0) is 14.8 Å². The molecule has 1 unspecified atom stereocenters. The van der Waals surface area contributed by atoms with Gasteiger partial charge in [-0.1, -0.05) is 38.1 Å². The summed E-state index contributed by atoms with van der Waals surface area (Å²) in [7, 11) is -3.67. The Hall–Kier alpha value is -2.22. The molecule has 1 amide bonds. The molecule has 2 rings (SSSR count). The predicted molar refractivity (Wildman–Crippen MR) is 103 cm³/mol. The Labute approximate surface area is 154 Å². The van der Waals surface area contributed by atoms with E-state index in [9.17, 15) is 13.2 Å². The lowest BCUT2D eigenvalue weighted by molar-refractivity contribution is -0.114. The van der Waals surface area contributed by atoms with Gasteiger partial charge in [0.2, 0.25) is 15.9 Å². The molecule has 2 aromatic rings. The molecule has 0 spiro atoms. The summed E-state index contributed by atoms with van der Waals surface area (Å²) in [5, 5.41) is 2.59. The minimum absolute atomic E-state index is 0.0941. The Morgan fingerprint density at radius 2 is 1.54 bits per heavy atom. The van der Waals surface area contributed by atoms with Gasteiger partial charge in [-0.15, -0.1) is 0 Å². The van der Waals surface area contributed by atoms with Gasteiger partial charge in [0.15, 0.2) is 0 Å². The number of carbonyl (C=O) groups is 1. The van der Waals surface area contributed by atoms with Crippen LogP contribution < -0.4 is 15.8 Å². The molecule has 0 aromatic heterocycles. The number of benzene rings is 2. The van der Waals surface area contributed by atoms with E-state index in [1.165, 1.54) is 24.6 Å². The highest BCUT2D eigenvalue weighted by Crippen LogP contribution is 2.18. The van der Waals surface area contributed by atoms with Crippen LogP contribution in [0.15, 0.2) is 53.4 Å². The van der Waals surface area contributed by atoms with E-state index in [4.69, 9.17) is 5.73 Å². The molecule has 0 fully saturated rings. The number of hydrogen-bond donors (Lipinski definition) is 3. The lowest BCUT2D eigenvalue weighted by Crippen LogP contribution is -2.32. The number of nitrogens with one attached hydrogen (secondary N) is 2. The fraction of sp³-hybridized carbons (Fsp3) is 0.316. The normalized spacial score (nSPS) is 12.8. The van der Waals surface area contributed by atoms with E-state index >= 15 is 0 Å². The highest BCUT2D eigenvalue weighted by Gasteiger charge is 2.16. The van der Waals surface area contributed by atoms with E-state index in [0.717, 1.165) is 5.56 Å². The molecular formula is C19H25N3O3S. The van der Waals surface area contributed by atoms with Crippen LogP contribution in [-0.4, -0.2) is 20.9 Å². The molecule has 0 aliphatic heterocycles. The third-order valence-electron chi connectivity index (χ3n) is 4.01. The van der Waals surface area contributed by atoms with Crippen molar-refractivity contribution in [2.24, 2.45) is 5.73 Å². The van der Waals surface area contributed by atoms with Crippen LogP contribution in [0.3, 0.4) is 0 Å². The number of amides is 1. The molecule has 4 N–H and O–H groups in total. The van der Waals surface area contributed by atoms with Gasteiger partial charge < -0.3 is 11.1 Å². The molecule has 140 valence electrons. The summed E-state index contributed by atoms with van der Waals surface area (Å²) in [5.41, 5.74) is 8.73. The second-order valence-corrected chi connectivity index (χ2v) is 8.25. The van der Waals surface area contributed by atoms with Crippen LogP contribution in [0.2, 0.25) is 0 Å². The number of anilines is 1. The van der Waals surface area contributed by atoms with Crippen molar-refractivity contribution in [1.29, 1.82) is 0 Å². The monoisotopic (exact) mass is 375 g/mol. The minimum atomic E-state index is -3.67. The number of sulfonamides is 1. The maximum atomic E-state index is 12.4.